The molecule has 6 nitrogen and oxygen atoms in total. The lowest BCUT2D eigenvalue weighted by Gasteiger charge is -2.35. The maximum atomic E-state index is 11.5. The van der Waals surface area contributed by atoms with Crippen LogP contribution in [-0.4, -0.2) is 29.5 Å². The fourth-order valence-electron chi connectivity index (χ4n) is 3.52. The average molecular weight is 285 g/mol. The Morgan fingerprint density at radius 2 is 2.24 bits per heavy atom. The number of nitriles is 1. The molecule has 2 aliphatic rings. The summed E-state index contributed by atoms with van der Waals surface area (Å²) in [6.07, 6.45) is 6.23. The van der Waals surface area contributed by atoms with Crippen LogP contribution in [0.15, 0.2) is 6.20 Å². The number of rotatable bonds is 2. The third kappa shape index (κ3) is 2.56. The van der Waals surface area contributed by atoms with Gasteiger partial charge in [-0.3, -0.25) is 4.79 Å². The highest BCUT2D eigenvalue weighted by atomic mass is 16.1. The van der Waals surface area contributed by atoms with Gasteiger partial charge in [-0.25, -0.2) is 9.97 Å². The Morgan fingerprint density at radius 1 is 1.48 bits per heavy atom. The Labute approximate surface area is 124 Å². The first kappa shape index (κ1) is 13.8. The lowest BCUT2D eigenvalue weighted by Crippen LogP contribution is -2.29. The monoisotopic (exact) mass is 285 g/mol. The van der Waals surface area contributed by atoms with Crippen molar-refractivity contribution in [2.45, 2.75) is 38.0 Å². The van der Waals surface area contributed by atoms with Gasteiger partial charge >= 0.3 is 0 Å². The first-order chi connectivity index (χ1) is 10.2. The van der Waals surface area contributed by atoms with Crippen molar-refractivity contribution >= 4 is 11.9 Å². The van der Waals surface area contributed by atoms with Crippen LogP contribution in [0.3, 0.4) is 0 Å². The smallest absolute Gasteiger partial charge is 0.222 e. The van der Waals surface area contributed by atoms with Gasteiger partial charge in [0.15, 0.2) is 0 Å². The molecule has 2 N–H and O–H groups in total. The van der Waals surface area contributed by atoms with Crippen molar-refractivity contribution in [1.29, 1.82) is 5.26 Å². The van der Waals surface area contributed by atoms with E-state index in [0.717, 1.165) is 37.9 Å². The number of nitrogens with one attached hydrogen (secondary N) is 2. The van der Waals surface area contributed by atoms with E-state index in [1.165, 1.54) is 0 Å². The van der Waals surface area contributed by atoms with E-state index in [2.05, 4.69) is 26.7 Å². The summed E-state index contributed by atoms with van der Waals surface area (Å²) in [5.41, 5.74) is 1.55. The zero-order chi connectivity index (χ0) is 14.9. The second-order valence-corrected chi connectivity index (χ2v) is 6.08. The van der Waals surface area contributed by atoms with Gasteiger partial charge in [-0.15, -0.1) is 0 Å². The Morgan fingerprint density at radius 3 is 2.81 bits per heavy atom. The molecule has 0 atom stereocenters. The van der Waals surface area contributed by atoms with Crippen LogP contribution in [-0.2, 0) is 4.79 Å². The molecule has 1 aromatic heterocycles. The number of hydrogen-bond acceptors (Lipinski definition) is 5. The molecule has 1 aromatic rings. The Bertz CT molecular complexity index is 599. The van der Waals surface area contributed by atoms with Crippen LogP contribution in [0.4, 0.5) is 5.95 Å². The van der Waals surface area contributed by atoms with Crippen molar-refractivity contribution in [2.24, 2.45) is 5.41 Å². The first-order valence-corrected chi connectivity index (χ1v) is 7.37. The van der Waals surface area contributed by atoms with Gasteiger partial charge in [0.25, 0.3) is 0 Å². The maximum Gasteiger partial charge on any atom is 0.222 e. The summed E-state index contributed by atoms with van der Waals surface area (Å²) in [7, 11) is 1.77. The summed E-state index contributed by atoms with van der Waals surface area (Å²) in [5.74, 6) is 1.02. The molecule has 0 aromatic carbocycles. The molecular formula is C15H19N5O. The van der Waals surface area contributed by atoms with E-state index >= 15 is 0 Å². The molecule has 1 amide bonds. The van der Waals surface area contributed by atoms with E-state index in [1.54, 1.807) is 13.2 Å². The van der Waals surface area contributed by atoms with Gasteiger partial charge in [0.2, 0.25) is 11.9 Å². The lowest BCUT2D eigenvalue weighted by molar-refractivity contribution is -0.119. The number of aromatic nitrogens is 2. The number of nitrogens with zero attached hydrogens (tertiary/aromatic N) is 3. The highest BCUT2D eigenvalue weighted by Gasteiger charge is 2.42. The third-order valence-corrected chi connectivity index (χ3v) is 4.79. The zero-order valence-corrected chi connectivity index (χ0v) is 12.1. The summed E-state index contributed by atoms with van der Waals surface area (Å²) in [6.45, 7) is 0.801. The van der Waals surface area contributed by atoms with E-state index < -0.39 is 0 Å². The van der Waals surface area contributed by atoms with Crippen molar-refractivity contribution < 1.29 is 4.79 Å². The molecular weight excluding hydrogens is 266 g/mol. The fraction of sp³-hybridized carbons (Fsp3) is 0.600. The van der Waals surface area contributed by atoms with Gasteiger partial charge in [-0.1, -0.05) is 0 Å². The number of hydrogen-bond donors (Lipinski definition) is 2. The highest BCUT2D eigenvalue weighted by molar-refractivity contribution is 5.79. The lowest BCUT2D eigenvalue weighted by atomic mass is 9.69. The summed E-state index contributed by atoms with van der Waals surface area (Å²) < 4.78 is 0. The van der Waals surface area contributed by atoms with E-state index in [4.69, 9.17) is 0 Å². The van der Waals surface area contributed by atoms with Crippen molar-refractivity contribution in [3.63, 3.8) is 0 Å². The third-order valence-electron chi connectivity index (χ3n) is 4.79. The molecule has 1 spiro atoms. The molecule has 3 rings (SSSR count). The molecule has 1 aliphatic heterocycles. The van der Waals surface area contributed by atoms with Crippen LogP contribution in [0, 0.1) is 16.7 Å². The summed E-state index contributed by atoms with van der Waals surface area (Å²) >= 11 is 0. The molecule has 110 valence electrons. The minimum atomic E-state index is 0.138. The van der Waals surface area contributed by atoms with Crippen LogP contribution in [0.2, 0.25) is 0 Å². The minimum absolute atomic E-state index is 0.138. The van der Waals surface area contributed by atoms with E-state index in [9.17, 15) is 10.1 Å². The summed E-state index contributed by atoms with van der Waals surface area (Å²) in [4.78, 5) is 20.1. The predicted octanol–water partition coefficient (Wildman–Crippen LogP) is 1.55. The minimum Gasteiger partial charge on any atom is -0.357 e. The van der Waals surface area contributed by atoms with Gasteiger partial charge in [0.05, 0.1) is 17.5 Å². The number of amides is 1. The summed E-state index contributed by atoms with van der Waals surface area (Å²) in [5, 5.41) is 15.1. The van der Waals surface area contributed by atoms with Crippen LogP contribution in [0.1, 0.15) is 49.3 Å². The van der Waals surface area contributed by atoms with Crippen molar-refractivity contribution in [1.82, 2.24) is 15.3 Å². The molecule has 1 aliphatic carbocycles. The normalized spacial score (nSPS) is 28.2. The van der Waals surface area contributed by atoms with E-state index in [1.807, 2.05) is 0 Å². The first-order valence-electron chi connectivity index (χ1n) is 7.37. The zero-order valence-electron chi connectivity index (χ0n) is 12.1. The standard InChI is InChI=1S/C15H19N5O/c1-17-14-18-8-11(7-16)13(20-14)10-2-4-15(5-3-10)6-12(21)19-9-15/h8,10H,2-6,9H2,1H3,(H,19,21)(H,17,18,20). The van der Waals surface area contributed by atoms with Crippen LogP contribution < -0.4 is 10.6 Å². The molecule has 1 saturated heterocycles. The van der Waals surface area contributed by atoms with Crippen molar-refractivity contribution in [2.75, 3.05) is 18.9 Å². The summed E-state index contributed by atoms with van der Waals surface area (Å²) in [6, 6.07) is 2.19. The van der Waals surface area contributed by atoms with Gasteiger partial charge in [-0.2, -0.15) is 5.26 Å². The Hall–Kier alpha value is -2.16. The van der Waals surface area contributed by atoms with Crippen molar-refractivity contribution in [3.8, 4) is 6.07 Å². The van der Waals surface area contributed by atoms with Gasteiger partial charge < -0.3 is 10.6 Å². The SMILES string of the molecule is CNc1ncc(C#N)c(C2CCC3(CC2)CNC(=O)C3)n1. The quantitative estimate of drug-likeness (QED) is 0.860. The number of carbonyl (C=O) groups excluding carboxylic acids is 1. The fourth-order valence-corrected chi connectivity index (χ4v) is 3.52. The molecule has 0 bridgehead atoms. The molecule has 2 heterocycles. The topological polar surface area (TPSA) is 90.7 Å². The molecule has 0 radical (unpaired) electrons. The van der Waals surface area contributed by atoms with E-state index in [-0.39, 0.29) is 17.2 Å². The highest BCUT2D eigenvalue weighted by Crippen LogP contribution is 2.46. The van der Waals surface area contributed by atoms with Crippen LogP contribution >= 0.6 is 0 Å². The second kappa shape index (κ2) is 5.32. The molecule has 6 heteroatoms. The molecule has 0 unspecified atom stereocenters. The average Bonchev–Trinajstić information content (AvgIpc) is 2.88. The van der Waals surface area contributed by atoms with Crippen LogP contribution in [0.25, 0.3) is 0 Å². The number of anilines is 1. The van der Waals surface area contributed by atoms with Crippen LogP contribution in [0.5, 0.6) is 0 Å². The molecule has 1 saturated carbocycles. The van der Waals surface area contributed by atoms with Gasteiger partial charge in [0.1, 0.15) is 6.07 Å². The Kier molecular flexibility index (Phi) is 3.50. The largest absolute Gasteiger partial charge is 0.357 e. The van der Waals surface area contributed by atoms with Gasteiger partial charge in [0, 0.05) is 25.9 Å². The van der Waals surface area contributed by atoms with Gasteiger partial charge in [-0.05, 0) is 31.1 Å². The predicted molar refractivity (Wildman–Crippen MR) is 77.6 cm³/mol. The van der Waals surface area contributed by atoms with E-state index in [0.29, 0.717) is 17.9 Å². The second-order valence-electron chi connectivity index (χ2n) is 6.08. The van der Waals surface area contributed by atoms with Crippen molar-refractivity contribution in [3.05, 3.63) is 17.5 Å². The molecule has 2 fully saturated rings. The number of carbonyl (C=O) groups is 1. The molecule has 21 heavy (non-hydrogen) atoms. The Balaban J connectivity index is 1.78. The maximum absolute atomic E-state index is 11.5.